The zero-order valence-electron chi connectivity index (χ0n) is 20.9. The largest absolute Gasteiger partial charge is 0.496 e. The third-order valence-corrected chi connectivity index (χ3v) is 7.09. The molecule has 0 bridgehead atoms. The molecule has 2 atom stereocenters. The molecule has 0 saturated heterocycles. The van der Waals surface area contributed by atoms with Crippen LogP contribution in [-0.2, 0) is 11.3 Å². The first kappa shape index (κ1) is 25.6. The molecule has 2 aliphatic rings. The van der Waals surface area contributed by atoms with Crippen molar-refractivity contribution in [1.29, 1.82) is 0 Å². The van der Waals surface area contributed by atoms with Gasteiger partial charge in [-0.1, -0.05) is 31.0 Å². The van der Waals surface area contributed by atoms with Crippen molar-refractivity contribution in [3.8, 4) is 11.5 Å². The summed E-state index contributed by atoms with van der Waals surface area (Å²) in [6.07, 6.45) is 6.80. The number of rotatable bonds is 7. The van der Waals surface area contributed by atoms with E-state index >= 15 is 0 Å². The number of aromatic nitrogens is 2. The third kappa shape index (κ3) is 4.77. The summed E-state index contributed by atoms with van der Waals surface area (Å²) in [5, 5.41) is 6.68. The second-order valence-electron chi connectivity index (χ2n) is 8.89. The molecule has 1 aliphatic carbocycles. The molecule has 1 aromatic carbocycles. The van der Waals surface area contributed by atoms with Crippen molar-refractivity contribution < 1.29 is 19.1 Å². The van der Waals surface area contributed by atoms with E-state index in [-0.39, 0.29) is 30.6 Å². The van der Waals surface area contributed by atoms with Gasteiger partial charge in [0.15, 0.2) is 0 Å². The van der Waals surface area contributed by atoms with E-state index in [1.165, 1.54) is 18.1 Å². The molecule has 192 valence electrons. The molecule has 1 saturated carbocycles. The Bertz CT molecular complexity index is 1160. The summed E-state index contributed by atoms with van der Waals surface area (Å²) in [4.78, 5) is 37.6. The highest BCUT2D eigenvalue weighted by Crippen LogP contribution is 2.44. The highest BCUT2D eigenvalue weighted by atomic mass is 35.5. The minimum absolute atomic E-state index is 0.0208. The van der Waals surface area contributed by atoms with Crippen molar-refractivity contribution in [2.45, 2.75) is 51.2 Å². The molecule has 2 aromatic rings. The van der Waals surface area contributed by atoms with Gasteiger partial charge in [-0.15, -0.1) is 0 Å². The van der Waals surface area contributed by atoms with Crippen molar-refractivity contribution in [2.24, 2.45) is 0 Å². The summed E-state index contributed by atoms with van der Waals surface area (Å²) in [7, 11) is 4.74. The van der Waals surface area contributed by atoms with E-state index in [0.717, 1.165) is 36.8 Å². The summed E-state index contributed by atoms with van der Waals surface area (Å²) < 4.78 is 10.9. The molecule has 1 aromatic heterocycles. The smallest absolute Gasteiger partial charge is 0.330 e. The number of carbonyl (C=O) groups is 2. The fraction of sp³-hybridized carbons (Fsp3) is 0.440. The lowest BCUT2D eigenvalue weighted by atomic mass is 9.90. The second-order valence-corrected chi connectivity index (χ2v) is 9.27. The second kappa shape index (κ2) is 10.6. The number of nitrogens with zero attached hydrogens (tertiary/aromatic N) is 4. The summed E-state index contributed by atoms with van der Waals surface area (Å²) in [6, 6.07) is 1.34. The summed E-state index contributed by atoms with van der Waals surface area (Å²) in [5.74, 6) is 1.70. The quantitative estimate of drug-likeness (QED) is 0.536. The highest BCUT2D eigenvalue weighted by molar-refractivity contribution is 6.36. The van der Waals surface area contributed by atoms with E-state index in [1.54, 1.807) is 31.3 Å². The van der Waals surface area contributed by atoms with Crippen molar-refractivity contribution >= 4 is 41.0 Å². The van der Waals surface area contributed by atoms with Crippen LogP contribution in [0.4, 0.5) is 22.2 Å². The molecule has 0 unspecified atom stereocenters. The Labute approximate surface area is 215 Å². The molecule has 1 aliphatic heterocycles. The molecular weight excluding hydrogens is 484 g/mol. The maximum absolute atomic E-state index is 13.5. The van der Waals surface area contributed by atoms with Gasteiger partial charge in [-0.25, -0.2) is 9.78 Å². The molecule has 10 nitrogen and oxygen atoms in total. The molecule has 4 rings (SSSR count). The number of amides is 3. The monoisotopic (exact) mass is 514 g/mol. The zero-order valence-corrected chi connectivity index (χ0v) is 21.7. The number of fused-ring (bicyclic) bond motifs is 1. The number of hydrogen-bond donors (Lipinski definition) is 2. The van der Waals surface area contributed by atoms with Crippen LogP contribution >= 0.6 is 11.6 Å². The molecule has 3 amide bonds. The third-order valence-electron chi connectivity index (χ3n) is 6.72. The predicted octanol–water partition coefficient (Wildman–Crippen LogP) is 4.06. The molecule has 0 spiro atoms. The summed E-state index contributed by atoms with van der Waals surface area (Å²) in [5.41, 5.74) is 2.00. The van der Waals surface area contributed by atoms with Crippen LogP contribution in [0.3, 0.4) is 0 Å². The van der Waals surface area contributed by atoms with Gasteiger partial charge in [0.1, 0.15) is 22.3 Å². The average Bonchev–Trinajstić information content (AvgIpc) is 2.88. The van der Waals surface area contributed by atoms with Gasteiger partial charge in [-0.3, -0.25) is 14.6 Å². The van der Waals surface area contributed by atoms with Gasteiger partial charge in [-0.05, 0) is 25.8 Å². The Balaban J connectivity index is 1.62. The van der Waals surface area contributed by atoms with Crippen LogP contribution < -0.4 is 29.9 Å². The lowest BCUT2D eigenvalue weighted by molar-refractivity contribution is -0.117. The van der Waals surface area contributed by atoms with E-state index in [2.05, 4.69) is 27.2 Å². The number of ether oxygens (including phenoxy) is 2. The maximum Gasteiger partial charge on any atom is 0.330 e. The number of benzene rings is 1. The highest BCUT2D eigenvalue weighted by Gasteiger charge is 2.35. The van der Waals surface area contributed by atoms with Gasteiger partial charge in [0.05, 0.1) is 26.5 Å². The van der Waals surface area contributed by atoms with Gasteiger partial charge < -0.3 is 20.1 Å². The number of nitrogens with one attached hydrogen (secondary N) is 2. The normalized spacial score (nSPS) is 19.4. The van der Waals surface area contributed by atoms with E-state index < -0.39 is 0 Å². The van der Waals surface area contributed by atoms with E-state index in [9.17, 15) is 9.59 Å². The van der Waals surface area contributed by atoms with Crippen LogP contribution in [0.1, 0.15) is 36.8 Å². The topological polar surface area (TPSA) is 109 Å². The number of anilines is 3. The van der Waals surface area contributed by atoms with Gasteiger partial charge in [0.25, 0.3) is 0 Å². The molecular formula is C25H31ClN6O4. The fourth-order valence-electron chi connectivity index (χ4n) is 4.81. The number of carbonyl (C=O) groups excluding carboxylic acids is 2. The molecule has 36 heavy (non-hydrogen) atoms. The van der Waals surface area contributed by atoms with Crippen LogP contribution in [0.25, 0.3) is 0 Å². The van der Waals surface area contributed by atoms with Gasteiger partial charge in [0.2, 0.25) is 11.9 Å². The maximum atomic E-state index is 13.5. The first-order chi connectivity index (χ1) is 17.3. The fourth-order valence-corrected chi connectivity index (χ4v) is 5.18. The lowest BCUT2D eigenvalue weighted by Crippen LogP contribution is -2.48. The number of halogens is 1. The first-order valence-corrected chi connectivity index (χ1v) is 12.2. The molecule has 0 radical (unpaired) electrons. The Morgan fingerprint density at radius 1 is 1.22 bits per heavy atom. The predicted molar refractivity (Wildman–Crippen MR) is 139 cm³/mol. The SMILES string of the molecule is C=CC(=O)N[C@H]1CCCC[C@H]1Nc1ncc2c(n1)N(C)C(=O)N(c1c(C)c(OC)cc(OC)c1Cl)C2. The zero-order chi connectivity index (χ0) is 26.0. The van der Waals surface area contributed by atoms with E-state index in [4.69, 9.17) is 21.1 Å². The van der Waals surface area contributed by atoms with E-state index in [1.807, 2.05) is 6.92 Å². The minimum Gasteiger partial charge on any atom is -0.496 e. The molecule has 2 N–H and O–H groups in total. The summed E-state index contributed by atoms with van der Waals surface area (Å²) >= 11 is 6.64. The summed E-state index contributed by atoms with van der Waals surface area (Å²) in [6.45, 7) is 5.61. The van der Waals surface area contributed by atoms with Crippen molar-refractivity contribution in [1.82, 2.24) is 15.3 Å². The Morgan fingerprint density at radius 2 is 1.92 bits per heavy atom. The first-order valence-electron chi connectivity index (χ1n) is 11.8. The van der Waals surface area contributed by atoms with Crippen molar-refractivity contribution in [3.63, 3.8) is 0 Å². The number of methoxy groups -OCH3 is 2. The number of urea groups is 1. The van der Waals surface area contributed by atoms with Gasteiger partial charge in [-0.2, -0.15) is 4.98 Å². The Kier molecular flexibility index (Phi) is 7.53. The van der Waals surface area contributed by atoms with Gasteiger partial charge >= 0.3 is 6.03 Å². The standard InChI is InChI=1S/C25H31ClN6O4/c1-6-20(33)28-16-9-7-8-10-17(16)29-24-27-12-15-13-32(25(34)31(3)23(15)30-24)22-14(2)18(35-4)11-19(36-5)21(22)26/h6,11-12,16-17H,1,7-10,13H2,2-5H3,(H,28,33)(H,27,29,30)/t16-,17+/m0/s1. The van der Waals surface area contributed by atoms with Crippen LogP contribution in [0.2, 0.25) is 5.02 Å². The van der Waals surface area contributed by atoms with Crippen LogP contribution in [-0.4, -0.2) is 55.3 Å². The Morgan fingerprint density at radius 3 is 2.58 bits per heavy atom. The number of hydrogen-bond acceptors (Lipinski definition) is 7. The van der Waals surface area contributed by atoms with Crippen LogP contribution in [0, 0.1) is 6.92 Å². The Hall–Kier alpha value is -3.53. The van der Waals surface area contributed by atoms with Crippen molar-refractivity contribution in [3.05, 3.63) is 41.1 Å². The molecule has 2 heterocycles. The molecule has 11 heteroatoms. The lowest BCUT2D eigenvalue weighted by Gasteiger charge is -2.36. The van der Waals surface area contributed by atoms with Gasteiger partial charge in [0, 0.05) is 42.5 Å². The van der Waals surface area contributed by atoms with Crippen molar-refractivity contribution in [2.75, 3.05) is 36.4 Å². The van der Waals surface area contributed by atoms with E-state index in [0.29, 0.717) is 34.0 Å². The van der Waals surface area contributed by atoms with Crippen LogP contribution in [0.5, 0.6) is 11.5 Å². The minimum atomic E-state index is -0.291. The van der Waals surface area contributed by atoms with Crippen LogP contribution in [0.15, 0.2) is 24.9 Å². The average molecular weight is 515 g/mol. The molecule has 1 fully saturated rings.